The molecule has 0 spiro atoms. The number of anilines is 1. The summed E-state index contributed by atoms with van der Waals surface area (Å²) in [5.74, 6) is -7.99. The molecule has 1 heterocycles. The van der Waals surface area contributed by atoms with Crippen molar-refractivity contribution in [3.8, 4) is 0 Å². The summed E-state index contributed by atoms with van der Waals surface area (Å²) in [4.78, 5) is 59.7. The van der Waals surface area contributed by atoms with Crippen molar-refractivity contribution in [1.82, 2.24) is 9.88 Å². The number of nitrogens with one attached hydrogen (secondary N) is 2. The van der Waals surface area contributed by atoms with Gasteiger partial charge in [0.1, 0.15) is 24.9 Å². The van der Waals surface area contributed by atoms with Crippen LogP contribution in [0.4, 0.5) is 18.9 Å². The Labute approximate surface area is 227 Å². The molecule has 0 fully saturated rings. The second-order valence-electron chi connectivity index (χ2n) is 8.76. The lowest BCUT2D eigenvalue weighted by atomic mass is 10.1. The van der Waals surface area contributed by atoms with Crippen LogP contribution >= 0.6 is 0 Å². The van der Waals surface area contributed by atoms with Gasteiger partial charge in [-0.3, -0.25) is 24.0 Å². The third-order valence-corrected chi connectivity index (χ3v) is 5.37. The smallest absolute Gasteiger partial charge is 0.305 e. The number of alkyl halides is 3. The van der Waals surface area contributed by atoms with Crippen molar-refractivity contribution in [3.05, 3.63) is 100.0 Å². The molecule has 0 bridgehead atoms. The number of carboxylic acid groups (broad SMARTS) is 1. The number of aromatic nitrogens is 1. The Bertz CT molecular complexity index is 1390. The predicted molar refractivity (Wildman–Crippen MR) is 141 cm³/mol. The van der Waals surface area contributed by atoms with Crippen molar-refractivity contribution in [2.24, 2.45) is 0 Å². The zero-order chi connectivity index (χ0) is 29.9. The van der Waals surface area contributed by atoms with Crippen LogP contribution in [-0.2, 0) is 26.9 Å². The number of carbonyl (C=O) groups is 4. The highest BCUT2D eigenvalue weighted by atomic mass is 19.3. The van der Waals surface area contributed by atoms with Crippen LogP contribution in [0.15, 0.2) is 77.7 Å². The van der Waals surface area contributed by atoms with Gasteiger partial charge < -0.3 is 20.3 Å². The van der Waals surface area contributed by atoms with E-state index in [2.05, 4.69) is 24.4 Å². The minimum Gasteiger partial charge on any atom is -0.481 e. The van der Waals surface area contributed by atoms with Gasteiger partial charge in [-0.05, 0) is 25.1 Å². The van der Waals surface area contributed by atoms with E-state index in [4.69, 9.17) is 5.11 Å². The Hall–Kier alpha value is -4.74. The molecule has 12 heteroatoms. The van der Waals surface area contributed by atoms with E-state index in [1.807, 2.05) is 23.5 Å². The van der Waals surface area contributed by atoms with Crippen LogP contribution < -0.4 is 16.2 Å². The number of nitrogens with zero attached hydrogens (tertiary/aromatic N) is 1. The van der Waals surface area contributed by atoms with E-state index in [0.717, 1.165) is 6.07 Å². The molecule has 3 rings (SSSR count). The number of hydrogen-bond donors (Lipinski definition) is 3. The van der Waals surface area contributed by atoms with Crippen LogP contribution in [0.3, 0.4) is 0 Å². The molecule has 3 N–H and O–H groups in total. The van der Waals surface area contributed by atoms with E-state index < -0.39 is 72.0 Å². The molecule has 0 saturated carbocycles. The van der Waals surface area contributed by atoms with Gasteiger partial charge >= 0.3 is 5.97 Å². The number of aryl methyl sites for hydroxylation is 1. The lowest BCUT2D eigenvalue weighted by molar-refractivity contribution is -0.140. The molecule has 0 aliphatic heterocycles. The summed E-state index contributed by atoms with van der Waals surface area (Å²) in [6, 6.07) is 17.0. The highest BCUT2D eigenvalue weighted by molar-refractivity contribution is 6.04. The first-order chi connectivity index (χ1) is 18.8. The molecule has 2 aromatic carbocycles. The lowest BCUT2D eigenvalue weighted by Gasteiger charge is -2.18. The van der Waals surface area contributed by atoms with Gasteiger partial charge in [0.25, 0.3) is 17.4 Å². The van der Waals surface area contributed by atoms with E-state index in [1.165, 1.54) is 17.7 Å². The van der Waals surface area contributed by atoms with E-state index in [9.17, 15) is 37.1 Å². The number of carboxylic acids is 1. The fourth-order valence-electron chi connectivity index (χ4n) is 3.31. The van der Waals surface area contributed by atoms with Gasteiger partial charge in [0.15, 0.2) is 5.78 Å². The van der Waals surface area contributed by atoms with Crippen LogP contribution in [0.5, 0.6) is 0 Å². The van der Waals surface area contributed by atoms with Crippen LogP contribution in [0.2, 0.25) is 0 Å². The molecule has 0 aliphatic carbocycles. The minimum atomic E-state index is -3.45. The Morgan fingerprint density at radius 1 is 1.00 bits per heavy atom. The van der Waals surface area contributed by atoms with Gasteiger partial charge in [0.2, 0.25) is 5.91 Å². The molecule has 2 amide bonds. The number of benzene rings is 2. The number of ketones is 1. The molecule has 3 aromatic rings. The van der Waals surface area contributed by atoms with Crippen molar-refractivity contribution < 1.29 is 37.5 Å². The summed E-state index contributed by atoms with van der Waals surface area (Å²) in [6.45, 7) is 0.195. The van der Waals surface area contributed by atoms with Gasteiger partial charge in [0, 0.05) is 24.2 Å². The Morgan fingerprint density at radius 3 is 2.05 bits per heavy atom. The second-order valence-corrected chi connectivity index (χ2v) is 8.76. The lowest BCUT2D eigenvalue weighted by Crippen LogP contribution is -2.45. The second kappa shape index (κ2) is 14.4. The number of Topliss-reactive ketones (excluding diaryl/α,β-unsaturated/α-hetero) is 1. The number of aliphatic carboxylic acids is 1. The van der Waals surface area contributed by atoms with Crippen LogP contribution in [0.1, 0.15) is 34.8 Å². The highest BCUT2D eigenvalue weighted by Crippen LogP contribution is 2.27. The number of rotatable bonds is 10. The van der Waals surface area contributed by atoms with E-state index in [-0.39, 0.29) is 5.56 Å². The van der Waals surface area contributed by atoms with Crippen molar-refractivity contribution in [1.29, 1.82) is 0 Å². The predicted octanol–water partition coefficient (Wildman–Crippen LogP) is 3.71. The van der Waals surface area contributed by atoms with Gasteiger partial charge in [-0.15, -0.1) is 0 Å². The molecule has 9 nitrogen and oxygen atoms in total. The molecule has 0 aliphatic rings. The first-order valence-electron chi connectivity index (χ1n) is 11.9. The average Bonchev–Trinajstić information content (AvgIpc) is 2.90. The standard InChI is InChI=1S/C21H20F3N3O6.C7H8/c1-21(23,24)13-7-15(26-19(32)12-5-3-2-4-6-12)20(33)27(10-13)11-17(29)25-14(8-18(30)31)16(28)9-22;1-7-5-3-2-4-6-7/h2-7,10,14H,8-9,11H2,1H3,(H,25,29)(H,26,32)(H,30,31);2-6H,1H3. The summed E-state index contributed by atoms with van der Waals surface area (Å²) in [6.07, 6.45) is -0.210. The SMILES string of the molecule is CC(F)(F)c1cc(NC(=O)c2ccccc2)c(=O)n(CC(=O)NC(CC(=O)O)C(=O)CF)c1.Cc1ccccc1. The van der Waals surface area contributed by atoms with Gasteiger partial charge in [-0.1, -0.05) is 54.1 Å². The largest absolute Gasteiger partial charge is 0.481 e. The fraction of sp³-hybridized carbons (Fsp3) is 0.250. The minimum absolute atomic E-state index is 0.149. The molecule has 1 atom stereocenters. The molecule has 212 valence electrons. The number of hydrogen-bond acceptors (Lipinski definition) is 5. The monoisotopic (exact) mass is 559 g/mol. The van der Waals surface area contributed by atoms with Crippen LogP contribution in [0, 0.1) is 6.92 Å². The van der Waals surface area contributed by atoms with Gasteiger partial charge in [-0.25, -0.2) is 13.2 Å². The first-order valence-corrected chi connectivity index (χ1v) is 11.9. The molecule has 0 saturated heterocycles. The quantitative estimate of drug-likeness (QED) is 0.347. The van der Waals surface area contributed by atoms with Crippen molar-refractivity contribution >= 4 is 29.3 Å². The maximum atomic E-state index is 14.0. The van der Waals surface area contributed by atoms with E-state index in [1.54, 1.807) is 18.2 Å². The Morgan fingerprint density at radius 2 is 1.57 bits per heavy atom. The average molecular weight is 560 g/mol. The normalized spacial score (nSPS) is 11.4. The highest BCUT2D eigenvalue weighted by Gasteiger charge is 2.28. The summed E-state index contributed by atoms with van der Waals surface area (Å²) >= 11 is 0. The van der Waals surface area contributed by atoms with Crippen molar-refractivity contribution in [2.75, 3.05) is 12.0 Å². The number of halogens is 3. The molecular formula is C28H28F3N3O6. The fourth-order valence-corrected chi connectivity index (χ4v) is 3.31. The van der Waals surface area contributed by atoms with E-state index in [0.29, 0.717) is 17.7 Å². The summed E-state index contributed by atoms with van der Waals surface area (Å²) in [5.41, 5.74) is -0.759. The molecular weight excluding hydrogens is 531 g/mol. The van der Waals surface area contributed by atoms with Crippen LogP contribution in [0.25, 0.3) is 0 Å². The third kappa shape index (κ3) is 9.86. The van der Waals surface area contributed by atoms with Crippen molar-refractivity contribution in [3.63, 3.8) is 0 Å². The zero-order valence-electron chi connectivity index (χ0n) is 21.7. The number of carbonyl (C=O) groups excluding carboxylic acids is 3. The van der Waals surface area contributed by atoms with Crippen LogP contribution in [-0.4, -0.2) is 46.0 Å². The first kappa shape index (κ1) is 31.5. The summed E-state index contributed by atoms with van der Waals surface area (Å²) in [7, 11) is 0. The molecule has 40 heavy (non-hydrogen) atoms. The topological polar surface area (TPSA) is 135 Å². The number of pyridine rings is 1. The summed E-state index contributed by atoms with van der Waals surface area (Å²) < 4.78 is 41.2. The maximum absolute atomic E-state index is 14.0. The van der Waals surface area contributed by atoms with E-state index >= 15 is 0 Å². The zero-order valence-corrected chi connectivity index (χ0v) is 21.7. The Balaban J connectivity index is 0.000000693. The maximum Gasteiger partial charge on any atom is 0.305 e. The summed E-state index contributed by atoms with van der Waals surface area (Å²) in [5, 5.41) is 13.0. The third-order valence-electron chi connectivity index (χ3n) is 5.37. The number of amides is 2. The van der Waals surface area contributed by atoms with Gasteiger partial charge in [0.05, 0.1) is 6.42 Å². The van der Waals surface area contributed by atoms with Gasteiger partial charge in [-0.2, -0.15) is 0 Å². The molecule has 1 aromatic heterocycles. The van der Waals surface area contributed by atoms with Crippen molar-refractivity contribution in [2.45, 2.75) is 38.8 Å². The Kier molecular flexibility index (Phi) is 11.4. The molecule has 0 radical (unpaired) electrons. The molecule has 1 unspecified atom stereocenters.